The number of ether oxygens (including phenoxy) is 1. The maximum Gasteiger partial charge on any atom is 0.224 e. The van der Waals surface area contributed by atoms with Gasteiger partial charge in [0.2, 0.25) is 5.91 Å². The molecule has 0 aromatic heterocycles. The second-order valence-electron chi connectivity index (χ2n) is 6.26. The molecule has 0 aliphatic carbocycles. The highest BCUT2D eigenvalue weighted by Gasteiger charge is 2.08. The van der Waals surface area contributed by atoms with Gasteiger partial charge in [-0.3, -0.25) is 4.79 Å². The lowest BCUT2D eigenvalue weighted by Crippen LogP contribution is -2.27. The number of hydrogen-bond acceptors (Lipinski definition) is 3. The molecule has 3 rings (SSSR count). The van der Waals surface area contributed by atoms with Crippen LogP contribution in [-0.4, -0.2) is 24.7 Å². The van der Waals surface area contributed by atoms with Crippen molar-refractivity contribution in [2.24, 2.45) is 0 Å². The van der Waals surface area contributed by atoms with Crippen LogP contribution in [0.2, 0.25) is 0 Å². The molecule has 2 N–H and O–H groups in total. The number of methoxy groups -OCH3 is 1. The van der Waals surface area contributed by atoms with Crippen LogP contribution >= 0.6 is 0 Å². The van der Waals surface area contributed by atoms with Gasteiger partial charge in [-0.25, -0.2) is 0 Å². The van der Waals surface area contributed by atoms with Crippen molar-refractivity contribution in [2.45, 2.75) is 19.4 Å². The first-order chi connectivity index (χ1) is 12.7. The van der Waals surface area contributed by atoms with Gasteiger partial charge in [-0.05, 0) is 46.0 Å². The third-order valence-electron chi connectivity index (χ3n) is 4.47. The number of benzene rings is 3. The Kier molecular flexibility index (Phi) is 5.87. The smallest absolute Gasteiger partial charge is 0.224 e. The lowest BCUT2D eigenvalue weighted by Gasteiger charge is -2.09. The van der Waals surface area contributed by atoms with Crippen molar-refractivity contribution in [3.63, 3.8) is 0 Å². The second-order valence-corrected chi connectivity index (χ2v) is 6.26. The molecule has 26 heavy (non-hydrogen) atoms. The molecule has 0 heterocycles. The van der Waals surface area contributed by atoms with Crippen LogP contribution in [0.4, 0.5) is 0 Å². The van der Waals surface area contributed by atoms with Crippen molar-refractivity contribution in [3.8, 4) is 5.75 Å². The van der Waals surface area contributed by atoms with Crippen LogP contribution in [0, 0.1) is 0 Å². The summed E-state index contributed by atoms with van der Waals surface area (Å²) < 4.78 is 5.30. The molecule has 0 saturated carbocycles. The van der Waals surface area contributed by atoms with E-state index >= 15 is 0 Å². The molecule has 0 unspecified atom stereocenters. The maximum absolute atomic E-state index is 12.3. The third-order valence-corrected chi connectivity index (χ3v) is 4.47. The summed E-state index contributed by atoms with van der Waals surface area (Å²) in [6.07, 6.45) is 1.11. The molecule has 134 valence electrons. The largest absolute Gasteiger partial charge is 0.497 e. The van der Waals surface area contributed by atoms with Crippen molar-refractivity contribution in [2.75, 3.05) is 13.7 Å². The monoisotopic (exact) mass is 349 g/mol. The van der Waals surface area contributed by atoms with Crippen molar-refractivity contribution < 1.29 is 14.6 Å². The quantitative estimate of drug-likeness (QED) is 0.688. The zero-order valence-electron chi connectivity index (χ0n) is 14.9. The van der Waals surface area contributed by atoms with Gasteiger partial charge in [-0.2, -0.15) is 0 Å². The molecule has 1 amide bonds. The predicted molar refractivity (Wildman–Crippen MR) is 103 cm³/mol. The summed E-state index contributed by atoms with van der Waals surface area (Å²) in [6.45, 7) is 0.637. The number of aliphatic hydroxyl groups excluding tert-OH is 1. The minimum atomic E-state index is 0.00676. The van der Waals surface area contributed by atoms with Crippen LogP contribution in [0.15, 0.2) is 60.7 Å². The summed E-state index contributed by atoms with van der Waals surface area (Å²) in [6, 6.07) is 19.7. The van der Waals surface area contributed by atoms with Gasteiger partial charge in [-0.1, -0.05) is 48.5 Å². The molecule has 0 spiro atoms. The van der Waals surface area contributed by atoms with Crippen LogP contribution in [0.25, 0.3) is 10.8 Å². The summed E-state index contributed by atoms with van der Waals surface area (Å²) in [5.74, 6) is 0.795. The molecule has 3 aromatic carbocycles. The van der Waals surface area contributed by atoms with Crippen LogP contribution in [0.5, 0.6) is 5.75 Å². The Morgan fingerprint density at radius 1 is 1.04 bits per heavy atom. The van der Waals surface area contributed by atoms with E-state index in [1.54, 1.807) is 7.11 Å². The molecule has 0 bridgehead atoms. The molecule has 3 aromatic rings. The second kappa shape index (κ2) is 8.50. The zero-order valence-corrected chi connectivity index (χ0v) is 14.9. The van der Waals surface area contributed by atoms with E-state index in [2.05, 4.69) is 5.32 Å². The van der Waals surface area contributed by atoms with Gasteiger partial charge in [0.1, 0.15) is 5.75 Å². The molecule has 0 aliphatic heterocycles. The SMILES string of the molecule is COc1ccc2cccc(CC(=O)NCCc3ccc(CO)cc3)c2c1. The van der Waals surface area contributed by atoms with Crippen LogP contribution in [-0.2, 0) is 24.2 Å². The van der Waals surface area contributed by atoms with Gasteiger partial charge in [0.25, 0.3) is 0 Å². The third kappa shape index (κ3) is 4.41. The molecule has 0 fully saturated rings. The minimum Gasteiger partial charge on any atom is -0.497 e. The molecule has 0 radical (unpaired) electrons. The fourth-order valence-corrected chi connectivity index (χ4v) is 2.99. The van der Waals surface area contributed by atoms with Gasteiger partial charge < -0.3 is 15.2 Å². The molecule has 0 saturated heterocycles. The van der Waals surface area contributed by atoms with E-state index < -0.39 is 0 Å². The highest BCUT2D eigenvalue weighted by molar-refractivity contribution is 5.91. The molecule has 4 nitrogen and oxygen atoms in total. The number of nitrogens with one attached hydrogen (secondary N) is 1. The van der Waals surface area contributed by atoms with E-state index in [1.165, 1.54) is 0 Å². The van der Waals surface area contributed by atoms with Crippen molar-refractivity contribution in [1.29, 1.82) is 0 Å². The molecule has 4 heteroatoms. The van der Waals surface area contributed by atoms with Crippen molar-refractivity contribution in [1.82, 2.24) is 5.32 Å². The minimum absolute atomic E-state index is 0.00676. The topological polar surface area (TPSA) is 58.6 Å². The summed E-state index contributed by atoms with van der Waals surface area (Å²) in [7, 11) is 1.64. The molecular formula is C22H23NO3. The highest BCUT2D eigenvalue weighted by atomic mass is 16.5. The van der Waals surface area contributed by atoms with E-state index in [1.807, 2.05) is 60.7 Å². The van der Waals surface area contributed by atoms with E-state index in [9.17, 15) is 4.79 Å². The van der Waals surface area contributed by atoms with Crippen LogP contribution in [0.3, 0.4) is 0 Å². The maximum atomic E-state index is 12.3. The Bertz CT molecular complexity index is 888. The summed E-state index contributed by atoms with van der Waals surface area (Å²) in [5.41, 5.74) is 3.02. The number of fused-ring (bicyclic) bond motifs is 1. The first-order valence-corrected chi connectivity index (χ1v) is 8.70. The Morgan fingerprint density at radius 3 is 2.54 bits per heavy atom. The number of hydrogen-bond donors (Lipinski definition) is 2. The molecule has 0 atom stereocenters. The number of carbonyl (C=O) groups excluding carboxylic acids is 1. The first-order valence-electron chi connectivity index (χ1n) is 8.70. The lowest BCUT2D eigenvalue weighted by molar-refractivity contribution is -0.120. The Balaban J connectivity index is 1.60. The van der Waals surface area contributed by atoms with Crippen molar-refractivity contribution in [3.05, 3.63) is 77.4 Å². The number of rotatable bonds is 7. The first kappa shape index (κ1) is 18.0. The summed E-state index contributed by atoms with van der Waals surface area (Å²) >= 11 is 0. The van der Waals surface area contributed by atoms with E-state index in [0.717, 1.165) is 39.6 Å². The van der Waals surface area contributed by atoms with Gasteiger partial charge in [0, 0.05) is 6.54 Å². The van der Waals surface area contributed by atoms with E-state index in [4.69, 9.17) is 9.84 Å². The van der Waals surface area contributed by atoms with Gasteiger partial charge in [-0.15, -0.1) is 0 Å². The van der Waals surface area contributed by atoms with E-state index in [-0.39, 0.29) is 12.5 Å². The van der Waals surface area contributed by atoms with Gasteiger partial charge in [0.15, 0.2) is 0 Å². The zero-order chi connectivity index (χ0) is 18.4. The number of carbonyl (C=O) groups is 1. The molecule has 0 aliphatic rings. The standard InChI is InChI=1S/C22H23NO3/c1-26-20-10-9-18-3-2-4-19(21(18)14-20)13-22(25)23-12-11-16-5-7-17(15-24)8-6-16/h2-10,14,24H,11-13,15H2,1H3,(H,23,25). The predicted octanol–water partition coefficient (Wildman–Crippen LogP) is 3.24. The number of aliphatic hydroxyl groups is 1. The summed E-state index contributed by atoms with van der Waals surface area (Å²) in [4.78, 5) is 12.3. The van der Waals surface area contributed by atoms with Crippen LogP contribution < -0.4 is 10.1 Å². The average molecular weight is 349 g/mol. The Labute approximate surface area is 153 Å². The normalized spacial score (nSPS) is 10.7. The van der Waals surface area contributed by atoms with Gasteiger partial charge in [0.05, 0.1) is 20.1 Å². The fourth-order valence-electron chi connectivity index (χ4n) is 2.99. The van der Waals surface area contributed by atoms with E-state index in [0.29, 0.717) is 13.0 Å². The summed E-state index contributed by atoms with van der Waals surface area (Å²) in [5, 5.41) is 14.2. The average Bonchev–Trinajstić information content (AvgIpc) is 2.68. The van der Waals surface area contributed by atoms with Crippen LogP contribution in [0.1, 0.15) is 16.7 Å². The Morgan fingerprint density at radius 2 is 1.81 bits per heavy atom. The number of amides is 1. The van der Waals surface area contributed by atoms with Crippen molar-refractivity contribution >= 4 is 16.7 Å². The highest BCUT2D eigenvalue weighted by Crippen LogP contribution is 2.24. The van der Waals surface area contributed by atoms with Gasteiger partial charge >= 0.3 is 0 Å². The fraction of sp³-hybridized carbons (Fsp3) is 0.227. The molecular weight excluding hydrogens is 326 g/mol. The lowest BCUT2D eigenvalue weighted by atomic mass is 10.0. The Hall–Kier alpha value is -2.85.